The molecule has 5 aromatic rings. The predicted octanol–water partition coefficient (Wildman–Crippen LogP) is 9.21. The van der Waals surface area contributed by atoms with E-state index in [0.29, 0.717) is 11.7 Å². The standard InChI is InChI=1S/C39H40N2O4S/c1-39(2,3)28-14-17-29(18-15-28)45-30-16-13-27-22-34(40-33(32(27)23-30)21-25-9-7-8-10-25)37(42)41-35(38(43)44)24-31-19-20-36(46-31)26-11-5-4-6-12-26/h4-6,11-20,22-23,25,35H,7-10,21,24H2,1-3H3,(H,41,42)(H,43,44)/t35-/m1/s1. The number of pyridine rings is 1. The summed E-state index contributed by atoms with van der Waals surface area (Å²) in [5.74, 6) is 0.413. The smallest absolute Gasteiger partial charge is 0.326 e. The predicted molar refractivity (Wildman–Crippen MR) is 185 cm³/mol. The number of hydrogen-bond donors (Lipinski definition) is 2. The Hall–Kier alpha value is -4.49. The molecule has 1 aliphatic rings. The van der Waals surface area contributed by atoms with Gasteiger partial charge in [0.1, 0.15) is 23.2 Å². The van der Waals surface area contributed by atoms with E-state index in [1.54, 1.807) is 6.07 Å². The highest BCUT2D eigenvalue weighted by Gasteiger charge is 2.25. The molecule has 0 bridgehead atoms. The number of aliphatic carboxylic acids is 1. The maximum atomic E-state index is 13.6. The van der Waals surface area contributed by atoms with Crippen LogP contribution in [0.3, 0.4) is 0 Å². The van der Waals surface area contributed by atoms with Crippen LogP contribution in [0, 0.1) is 5.92 Å². The first-order chi connectivity index (χ1) is 22.1. The lowest BCUT2D eigenvalue weighted by molar-refractivity contribution is -0.139. The lowest BCUT2D eigenvalue weighted by Crippen LogP contribution is -2.42. The van der Waals surface area contributed by atoms with Crippen molar-refractivity contribution in [2.24, 2.45) is 5.92 Å². The maximum Gasteiger partial charge on any atom is 0.326 e. The van der Waals surface area contributed by atoms with Crippen molar-refractivity contribution in [3.63, 3.8) is 0 Å². The molecule has 2 heterocycles. The van der Waals surface area contributed by atoms with Gasteiger partial charge in [0.25, 0.3) is 5.91 Å². The molecule has 1 saturated carbocycles. The SMILES string of the molecule is CC(C)(C)c1ccc(Oc2ccc3cc(C(=O)N[C@H](Cc4ccc(-c5ccccc5)s4)C(=O)O)nc(CC4CCCC4)c3c2)cc1. The van der Waals surface area contributed by atoms with Gasteiger partial charge in [0, 0.05) is 27.3 Å². The van der Waals surface area contributed by atoms with Gasteiger partial charge in [-0.2, -0.15) is 0 Å². The number of carbonyl (C=O) groups is 2. The van der Waals surface area contributed by atoms with Gasteiger partial charge in [0.05, 0.1) is 0 Å². The summed E-state index contributed by atoms with van der Waals surface area (Å²) < 4.78 is 6.25. The van der Waals surface area contributed by atoms with Gasteiger partial charge in [0.15, 0.2) is 0 Å². The van der Waals surface area contributed by atoms with Crippen LogP contribution >= 0.6 is 11.3 Å². The van der Waals surface area contributed by atoms with Gasteiger partial charge in [-0.25, -0.2) is 9.78 Å². The molecule has 0 aliphatic heterocycles. The summed E-state index contributed by atoms with van der Waals surface area (Å²) in [4.78, 5) is 32.6. The molecule has 2 N–H and O–H groups in total. The number of carboxylic acids is 1. The molecular weight excluding hydrogens is 593 g/mol. The lowest BCUT2D eigenvalue weighted by atomic mass is 9.87. The van der Waals surface area contributed by atoms with Gasteiger partial charge >= 0.3 is 5.97 Å². The number of nitrogens with one attached hydrogen (secondary N) is 1. The molecule has 1 fully saturated rings. The number of benzene rings is 3. The van der Waals surface area contributed by atoms with Crippen LogP contribution in [0.25, 0.3) is 21.2 Å². The molecule has 0 saturated heterocycles. The Morgan fingerprint density at radius 3 is 2.35 bits per heavy atom. The molecule has 1 aliphatic carbocycles. The fourth-order valence-corrected chi connectivity index (χ4v) is 7.22. The Balaban J connectivity index is 1.24. The van der Waals surface area contributed by atoms with Crippen molar-refractivity contribution < 1.29 is 19.4 Å². The largest absolute Gasteiger partial charge is 0.480 e. The highest BCUT2D eigenvalue weighted by molar-refractivity contribution is 7.15. The third-order valence-electron chi connectivity index (χ3n) is 8.76. The number of aromatic nitrogens is 1. The minimum atomic E-state index is -1.08. The van der Waals surface area contributed by atoms with Crippen LogP contribution in [0.1, 0.15) is 73.1 Å². The van der Waals surface area contributed by atoms with E-state index in [1.165, 1.54) is 29.7 Å². The number of rotatable bonds is 10. The topological polar surface area (TPSA) is 88.5 Å². The highest BCUT2D eigenvalue weighted by Crippen LogP contribution is 2.34. The molecule has 2 aromatic heterocycles. The summed E-state index contributed by atoms with van der Waals surface area (Å²) in [6.45, 7) is 6.56. The summed E-state index contributed by atoms with van der Waals surface area (Å²) >= 11 is 1.54. The average Bonchev–Trinajstić information content (AvgIpc) is 3.73. The number of hydrogen-bond acceptors (Lipinski definition) is 5. The fraction of sp³-hybridized carbons (Fsp3) is 0.308. The van der Waals surface area contributed by atoms with Gasteiger partial charge in [-0.15, -0.1) is 11.3 Å². The molecule has 1 amide bonds. The first-order valence-corrected chi connectivity index (χ1v) is 16.8. The van der Waals surface area contributed by atoms with Crippen LogP contribution in [0.4, 0.5) is 0 Å². The Kier molecular flexibility index (Phi) is 9.22. The van der Waals surface area contributed by atoms with Gasteiger partial charge in [-0.1, -0.05) is 95.0 Å². The monoisotopic (exact) mass is 632 g/mol. The number of carbonyl (C=O) groups excluding carboxylic acids is 1. The molecule has 3 aromatic carbocycles. The van der Waals surface area contributed by atoms with Crippen molar-refractivity contribution in [3.05, 3.63) is 113 Å². The number of amides is 1. The van der Waals surface area contributed by atoms with E-state index in [4.69, 9.17) is 9.72 Å². The molecule has 0 unspecified atom stereocenters. The minimum Gasteiger partial charge on any atom is -0.480 e. The van der Waals surface area contributed by atoms with Crippen molar-refractivity contribution in [3.8, 4) is 21.9 Å². The normalized spacial score (nSPS) is 14.3. The van der Waals surface area contributed by atoms with Crippen molar-refractivity contribution in [1.82, 2.24) is 10.3 Å². The van der Waals surface area contributed by atoms with Gasteiger partial charge in [-0.3, -0.25) is 4.79 Å². The van der Waals surface area contributed by atoms with E-state index in [2.05, 4.69) is 38.2 Å². The van der Waals surface area contributed by atoms with Crippen LogP contribution in [-0.4, -0.2) is 28.0 Å². The highest BCUT2D eigenvalue weighted by atomic mass is 32.1. The van der Waals surface area contributed by atoms with E-state index in [1.807, 2.05) is 72.8 Å². The summed E-state index contributed by atoms with van der Waals surface area (Å²) in [7, 11) is 0. The van der Waals surface area contributed by atoms with E-state index in [9.17, 15) is 14.7 Å². The zero-order valence-corrected chi connectivity index (χ0v) is 27.4. The third kappa shape index (κ3) is 7.48. The Morgan fingerprint density at radius 1 is 0.935 bits per heavy atom. The molecule has 6 rings (SSSR count). The molecule has 46 heavy (non-hydrogen) atoms. The van der Waals surface area contributed by atoms with Crippen LogP contribution in [0.15, 0.2) is 91.0 Å². The van der Waals surface area contributed by atoms with Gasteiger partial charge in [0.2, 0.25) is 0 Å². The minimum absolute atomic E-state index is 0.0621. The van der Waals surface area contributed by atoms with Crippen LogP contribution in [0.2, 0.25) is 0 Å². The Bertz CT molecular complexity index is 1830. The maximum absolute atomic E-state index is 13.6. The number of thiophene rings is 1. The number of ether oxygens (including phenoxy) is 1. The van der Waals surface area contributed by atoms with Crippen molar-refractivity contribution in [2.45, 2.75) is 70.8 Å². The second-order valence-electron chi connectivity index (χ2n) is 13.3. The molecular formula is C39H40N2O4S. The van der Waals surface area contributed by atoms with Crippen LogP contribution in [-0.2, 0) is 23.1 Å². The second-order valence-corrected chi connectivity index (χ2v) is 14.4. The number of carboxylic acid groups (broad SMARTS) is 1. The molecule has 236 valence electrons. The van der Waals surface area contributed by atoms with E-state index < -0.39 is 17.9 Å². The summed E-state index contributed by atoms with van der Waals surface area (Å²) in [6, 6.07) is 28.6. The molecule has 0 radical (unpaired) electrons. The van der Waals surface area contributed by atoms with Gasteiger partial charge in [-0.05, 0) is 76.7 Å². The first kappa shape index (κ1) is 31.5. The second kappa shape index (κ2) is 13.5. The van der Waals surface area contributed by atoms with Crippen LogP contribution in [0.5, 0.6) is 11.5 Å². The van der Waals surface area contributed by atoms with Crippen molar-refractivity contribution >= 4 is 34.0 Å². The molecule has 1 atom stereocenters. The zero-order chi connectivity index (χ0) is 32.3. The first-order valence-electron chi connectivity index (χ1n) is 16.0. The molecule has 0 spiro atoms. The Labute approximate surface area is 274 Å². The summed E-state index contributed by atoms with van der Waals surface area (Å²) in [6.07, 6.45) is 5.65. The molecule has 6 nitrogen and oxygen atoms in total. The quantitative estimate of drug-likeness (QED) is 0.160. The van der Waals surface area contributed by atoms with E-state index in [0.717, 1.165) is 56.8 Å². The van der Waals surface area contributed by atoms with E-state index in [-0.39, 0.29) is 17.5 Å². The third-order valence-corrected chi connectivity index (χ3v) is 9.91. The van der Waals surface area contributed by atoms with Crippen molar-refractivity contribution in [1.29, 1.82) is 0 Å². The summed E-state index contributed by atoms with van der Waals surface area (Å²) in [5, 5.41) is 14.6. The summed E-state index contributed by atoms with van der Waals surface area (Å²) in [5.41, 5.74) is 3.46. The van der Waals surface area contributed by atoms with E-state index >= 15 is 0 Å². The number of nitrogens with zero attached hydrogens (tertiary/aromatic N) is 1. The Morgan fingerprint density at radius 2 is 1.65 bits per heavy atom. The fourth-order valence-electron chi connectivity index (χ4n) is 6.16. The average molecular weight is 633 g/mol. The number of fused-ring (bicyclic) bond motifs is 1. The van der Waals surface area contributed by atoms with Gasteiger partial charge < -0.3 is 15.2 Å². The zero-order valence-electron chi connectivity index (χ0n) is 26.6. The molecule has 7 heteroatoms. The van der Waals surface area contributed by atoms with Crippen LogP contribution < -0.4 is 10.1 Å². The lowest BCUT2D eigenvalue weighted by Gasteiger charge is -2.19. The van der Waals surface area contributed by atoms with Crippen molar-refractivity contribution in [2.75, 3.05) is 0 Å².